The van der Waals surface area contributed by atoms with Gasteiger partial charge < -0.3 is 4.74 Å². The number of hydrogen-bond donors (Lipinski definition) is 0. The molecule has 2 aromatic rings. The van der Waals surface area contributed by atoms with E-state index in [2.05, 4.69) is 29.8 Å². The van der Waals surface area contributed by atoms with Crippen LogP contribution in [0.2, 0.25) is 0 Å². The second-order valence-electron chi connectivity index (χ2n) is 5.42. The lowest BCUT2D eigenvalue weighted by molar-refractivity contribution is 0.409. The maximum absolute atomic E-state index is 14.1. The average Bonchev–Trinajstić information content (AvgIpc) is 2.45. The summed E-state index contributed by atoms with van der Waals surface area (Å²) < 4.78 is 20.5. The second-order valence-corrected chi connectivity index (χ2v) is 6.33. The number of aryl methyl sites for hydroxylation is 1. The number of methoxy groups -OCH3 is 1. The number of rotatable bonds is 5. The molecular formula is C18H20BrFO. The zero-order valence-electron chi connectivity index (χ0n) is 12.6. The third kappa shape index (κ3) is 3.85. The summed E-state index contributed by atoms with van der Waals surface area (Å²) in [5, 5.41) is 0. The zero-order valence-corrected chi connectivity index (χ0v) is 14.2. The van der Waals surface area contributed by atoms with Crippen molar-refractivity contribution in [2.24, 2.45) is 0 Å². The third-order valence-corrected chi connectivity index (χ3v) is 4.16. The standard InChI is InChI=1S/C18H20BrFO/c1-12(2)15-5-4-6-17(20)16(15)9-7-13-11-14(19)8-10-18(13)21-3/h4-6,8,10-12H,7,9H2,1-3H3. The van der Waals surface area contributed by atoms with Gasteiger partial charge in [-0.15, -0.1) is 0 Å². The van der Waals surface area contributed by atoms with Crippen LogP contribution in [0.5, 0.6) is 5.75 Å². The van der Waals surface area contributed by atoms with Gasteiger partial charge in [-0.2, -0.15) is 0 Å². The molecule has 0 bridgehead atoms. The smallest absolute Gasteiger partial charge is 0.126 e. The molecule has 112 valence electrons. The van der Waals surface area contributed by atoms with Gasteiger partial charge in [-0.05, 0) is 59.7 Å². The first-order valence-corrected chi connectivity index (χ1v) is 7.92. The highest BCUT2D eigenvalue weighted by Gasteiger charge is 2.12. The molecule has 0 spiro atoms. The highest BCUT2D eigenvalue weighted by Crippen LogP contribution is 2.27. The normalized spacial score (nSPS) is 11.0. The van der Waals surface area contributed by atoms with Crippen molar-refractivity contribution < 1.29 is 9.13 Å². The predicted molar refractivity (Wildman–Crippen MR) is 88.6 cm³/mol. The maximum Gasteiger partial charge on any atom is 0.126 e. The van der Waals surface area contributed by atoms with E-state index >= 15 is 0 Å². The van der Waals surface area contributed by atoms with Gasteiger partial charge in [0.15, 0.2) is 0 Å². The molecule has 0 aliphatic heterocycles. The fourth-order valence-electron chi connectivity index (χ4n) is 2.58. The molecule has 0 atom stereocenters. The fourth-order valence-corrected chi connectivity index (χ4v) is 2.99. The Bertz CT molecular complexity index is 623. The first kappa shape index (κ1) is 16.0. The number of hydrogen-bond acceptors (Lipinski definition) is 1. The lowest BCUT2D eigenvalue weighted by Gasteiger charge is -2.15. The maximum atomic E-state index is 14.1. The van der Waals surface area contributed by atoms with E-state index in [0.717, 1.165) is 33.3 Å². The van der Waals surface area contributed by atoms with Gasteiger partial charge >= 0.3 is 0 Å². The number of benzene rings is 2. The summed E-state index contributed by atoms with van der Waals surface area (Å²) in [5.74, 6) is 1.05. The van der Waals surface area contributed by atoms with Crippen LogP contribution in [0.4, 0.5) is 4.39 Å². The zero-order chi connectivity index (χ0) is 15.4. The van der Waals surface area contributed by atoms with Gasteiger partial charge in [0.25, 0.3) is 0 Å². The van der Waals surface area contributed by atoms with Crippen LogP contribution in [0.25, 0.3) is 0 Å². The van der Waals surface area contributed by atoms with Crippen molar-refractivity contribution in [3.63, 3.8) is 0 Å². The van der Waals surface area contributed by atoms with E-state index in [1.807, 2.05) is 24.3 Å². The Hall–Kier alpha value is -1.35. The molecular weight excluding hydrogens is 331 g/mol. The lowest BCUT2D eigenvalue weighted by atomic mass is 9.92. The van der Waals surface area contributed by atoms with Gasteiger partial charge in [0.1, 0.15) is 11.6 Å². The Morgan fingerprint density at radius 2 is 1.90 bits per heavy atom. The van der Waals surface area contributed by atoms with E-state index in [0.29, 0.717) is 12.3 Å². The van der Waals surface area contributed by atoms with E-state index in [4.69, 9.17) is 4.74 Å². The summed E-state index contributed by atoms with van der Waals surface area (Å²) in [4.78, 5) is 0. The lowest BCUT2D eigenvalue weighted by Crippen LogP contribution is -2.03. The SMILES string of the molecule is COc1ccc(Br)cc1CCc1c(F)cccc1C(C)C. The molecule has 2 aromatic carbocycles. The summed E-state index contributed by atoms with van der Waals surface area (Å²) in [5.41, 5.74) is 2.99. The van der Waals surface area contributed by atoms with Crippen molar-refractivity contribution in [3.05, 3.63) is 63.4 Å². The van der Waals surface area contributed by atoms with Gasteiger partial charge in [-0.1, -0.05) is 41.9 Å². The van der Waals surface area contributed by atoms with Crippen LogP contribution in [0.1, 0.15) is 36.5 Å². The molecule has 3 heteroatoms. The molecule has 0 radical (unpaired) electrons. The Labute approximate surface area is 134 Å². The molecule has 0 saturated heterocycles. The topological polar surface area (TPSA) is 9.23 Å². The third-order valence-electron chi connectivity index (χ3n) is 3.66. The van der Waals surface area contributed by atoms with Gasteiger partial charge in [0.2, 0.25) is 0 Å². The fraction of sp³-hybridized carbons (Fsp3) is 0.333. The monoisotopic (exact) mass is 350 g/mol. The van der Waals surface area contributed by atoms with Crippen LogP contribution < -0.4 is 4.74 Å². The van der Waals surface area contributed by atoms with Crippen LogP contribution in [0.3, 0.4) is 0 Å². The number of halogens is 2. The quantitative estimate of drug-likeness (QED) is 0.691. The van der Waals surface area contributed by atoms with Crippen molar-refractivity contribution in [3.8, 4) is 5.75 Å². The Morgan fingerprint density at radius 1 is 1.14 bits per heavy atom. The highest BCUT2D eigenvalue weighted by atomic mass is 79.9. The summed E-state index contributed by atoms with van der Waals surface area (Å²) in [6, 6.07) is 11.3. The molecule has 0 N–H and O–H groups in total. The molecule has 0 aliphatic carbocycles. The van der Waals surface area contributed by atoms with Crippen molar-refractivity contribution in [2.75, 3.05) is 7.11 Å². The van der Waals surface area contributed by atoms with E-state index in [1.54, 1.807) is 19.2 Å². The average molecular weight is 351 g/mol. The summed E-state index contributed by atoms with van der Waals surface area (Å²) in [7, 11) is 1.66. The van der Waals surface area contributed by atoms with Crippen LogP contribution >= 0.6 is 15.9 Å². The van der Waals surface area contributed by atoms with E-state index in [-0.39, 0.29) is 5.82 Å². The van der Waals surface area contributed by atoms with Crippen molar-refractivity contribution in [1.29, 1.82) is 0 Å². The molecule has 1 nitrogen and oxygen atoms in total. The van der Waals surface area contributed by atoms with E-state index in [1.165, 1.54) is 0 Å². The van der Waals surface area contributed by atoms with Crippen molar-refractivity contribution in [1.82, 2.24) is 0 Å². The Balaban J connectivity index is 2.26. The molecule has 0 amide bonds. The van der Waals surface area contributed by atoms with E-state index < -0.39 is 0 Å². The predicted octanol–water partition coefficient (Wildman–Crippen LogP) is 5.51. The summed E-state index contributed by atoms with van der Waals surface area (Å²) >= 11 is 3.47. The molecule has 2 rings (SSSR count). The van der Waals surface area contributed by atoms with Gasteiger partial charge in [-0.25, -0.2) is 4.39 Å². The van der Waals surface area contributed by atoms with Crippen LogP contribution in [0, 0.1) is 5.82 Å². The minimum absolute atomic E-state index is 0.116. The first-order chi connectivity index (χ1) is 10.0. The molecule has 0 unspecified atom stereocenters. The summed E-state index contributed by atoms with van der Waals surface area (Å²) in [6.07, 6.45) is 1.43. The van der Waals surface area contributed by atoms with Crippen LogP contribution in [-0.4, -0.2) is 7.11 Å². The minimum atomic E-state index is -0.116. The van der Waals surface area contributed by atoms with Crippen molar-refractivity contribution >= 4 is 15.9 Å². The van der Waals surface area contributed by atoms with Crippen molar-refractivity contribution in [2.45, 2.75) is 32.6 Å². The first-order valence-electron chi connectivity index (χ1n) is 7.12. The van der Waals surface area contributed by atoms with Gasteiger partial charge in [-0.3, -0.25) is 0 Å². The van der Waals surface area contributed by atoms with Crippen LogP contribution in [-0.2, 0) is 12.8 Å². The molecule has 0 aliphatic rings. The Kier molecular flexibility index (Phi) is 5.40. The molecule has 0 saturated carbocycles. The molecule has 0 aromatic heterocycles. The largest absolute Gasteiger partial charge is 0.496 e. The second kappa shape index (κ2) is 7.08. The minimum Gasteiger partial charge on any atom is -0.496 e. The van der Waals surface area contributed by atoms with Gasteiger partial charge in [0, 0.05) is 4.47 Å². The molecule has 0 heterocycles. The van der Waals surface area contributed by atoms with E-state index in [9.17, 15) is 4.39 Å². The molecule has 0 fully saturated rings. The number of ether oxygens (including phenoxy) is 1. The Morgan fingerprint density at radius 3 is 2.57 bits per heavy atom. The van der Waals surface area contributed by atoms with Gasteiger partial charge in [0.05, 0.1) is 7.11 Å². The van der Waals surface area contributed by atoms with Crippen LogP contribution in [0.15, 0.2) is 40.9 Å². The molecule has 21 heavy (non-hydrogen) atoms. The summed E-state index contributed by atoms with van der Waals surface area (Å²) in [6.45, 7) is 4.19. The highest BCUT2D eigenvalue weighted by molar-refractivity contribution is 9.10.